The van der Waals surface area contributed by atoms with E-state index in [-0.39, 0.29) is 18.1 Å². The summed E-state index contributed by atoms with van der Waals surface area (Å²) in [7, 11) is 0. The minimum atomic E-state index is 0.0875. The van der Waals surface area contributed by atoms with Gasteiger partial charge in [0.15, 0.2) is 0 Å². The van der Waals surface area contributed by atoms with Gasteiger partial charge >= 0.3 is 0 Å². The molecule has 1 amide bonds. The van der Waals surface area contributed by atoms with E-state index in [4.69, 9.17) is 4.74 Å². The Morgan fingerprint density at radius 1 is 1.27 bits per heavy atom. The topological polar surface area (TPSA) is 42.4 Å². The number of aromatic nitrogens is 1. The first-order valence-electron chi connectivity index (χ1n) is 7.69. The van der Waals surface area contributed by atoms with Crippen molar-refractivity contribution >= 4 is 27.5 Å². The second-order valence-electron chi connectivity index (χ2n) is 6.28. The lowest BCUT2D eigenvalue weighted by atomic mass is 10.1. The van der Waals surface area contributed by atoms with Gasteiger partial charge in [-0.3, -0.25) is 4.79 Å². The van der Waals surface area contributed by atoms with Gasteiger partial charge in [-0.2, -0.15) is 0 Å². The van der Waals surface area contributed by atoms with E-state index >= 15 is 0 Å². The molecule has 2 aromatic heterocycles. The van der Waals surface area contributed by atoms with Crippen LogP contribution in [0.4, 0.5) is 0 Å². The molecule has 2 atom stereocenters. The van der Waals surface area contributed by atoms with Gasteiger partial charge in [-0.15, -0.1) is 11.3 Å². The van der Waals surface area contributed by atoms with Gasteiger partial charge in [0.05, 0.1) is 17.1 Å². The molecule has 1 aliphatic heterocycles. The Morgan fingerprint density at radius 2 is 1.91 bits per heavy atom. The molecule has 0 N–H and O–H groups in total. The SMILES string of the molecule is Cc1cc(C)c2c(C)c(C(=O)N3C[C@@H](C)O[C@@H](C)C3)sc2n1. The van der Waals surface area contributed by atoms with E-state index in [1.807, 2.05) is 32.6 Å². The molecule has 2 aromatic rings. The largest absolute Gasteiger partial charge is 0.372 e. The highest BCUT2D eigenvalue weighted by molar-refractivity contribution is 7.20. The summed E-state index contributed by atoms with van der Waals surface area (Å²) >= 11 is 1.51. The Balaban J connectivity index is 2.01. The van der Waals surface area contributed by atoms with Crippen LogP contribution in [0.1, 0.15) is 40.3 Å². The quantitative estimate of drug-likeness (QED) is 0.808. The van der Waals surface area contributed by atoms with Crippen LogP contribution < -0.4 is 0 Å². The number of thiophene rings is 1. The Kier molecular flexibility index (Phi) is 3.95. The van der Waals surface area contributed by atoms with Gasteiger partial charge in [0.1, 0.15) is 4.83 Å². The van der Waals surface area contributed by atoms with E-state index in [9.17, 15) is 4.79 Å². The van der Waals surface area contributed by atoms with Crippen LogP contribution in [0, 0.1) is 20.8 Å². The van der Waals surface area contributed by atoms with Gasteiger partial charge in [0, 0.05) is 24.2 Å². The van der Waals surface area contributed by atoms with Gasteiger partial charge in [0.2, 0.25) is 0 Å². The minimum absolute atomic E-state index is 0.0875. The molecule has 0 saturated carbocycles. The highest BCUT2D eigenvalue weighted by Crippen LogP contribution is 2.33. The summed E-state index contributed by atoms with van der Waals surface area (Å²) in [4.78, 5) is 21.2. The first-order valence-corrected chi connectivity index (χ1v) is 8.50. The number of hydrogen-bond acceptors (Lipinski definition) is 4. The molecular weight excluding hydrogens is 296 g/mol. The van der Waals surface area contributed by atoms with E-state index in [0.29, 0.717) is 13.1 Å². The molecule has 0 bridgehead atoms. The van der Waals surface area contributed by atoms with Crippen molar-refractivity contribution in [3.05, 3.63) is 27.8 Å². The van der Waals surface area contributed by atoms with Crippen molar-refractivity contribution in [1.82, 2.24) is 9.88 Å². The highest BCUT2D eigenvalue weighted by atomic mass is 32.1. The summed E-state index contributed by atoms with van der Waals surface area (Å²) in [6, 6.07) is 2.08. The normalized spacial score (nSPS) is 22.3. The van der Waals surface area contributed by atoms with Crippen LogP contribution in [0.3, 0.4) is 0 Å². The zero-order valence-electron chi connectivity index (χ0n) is 13.8. The molecule has 0 unspecified atom stereocenters. The summed E-state index contributed by atoms with van der Waals surface area (Å²) in [5.41, 5.74) is 3.25. The van der Waals surface area contributed by atoms with Crippen LogP contribution in [0.15, 0.2) is 6.07 Å². The van der Waals surface area contributed by atoms with Crippen LogP contribution in [-0.2, 0) is 4.74 Å². The number of morpholine rings is 1. The second-order valence-corrected chi connectivity index (χ2v) is 7.28. The molecule has 0 spiro atoms. The van der Waals surface area contributed by atoms with Crippen molar-refractivity contribution in [3.8, 4) is 0 Å². The molecule has 0 aliphatic carbocycles. The fourth-order valence-corrected chi connectivity index (χ4v) is 4.58. The Bertz CT molecular complexity index is 728. The summed E-state index contributed by atoms with van der Waals surface area (Å²) in [6.07, 6.45) is 0.175. The van der Waals surface area contributed by atoms with Crippen molar-refractivity contribution in [2.75, 3.05) is 13.1 Å². The standard InChI is InChI=1S/C17H22N2O2S/c1-9-6-10(2)18-16-14(9)13(5)15(22-16)17(20)19-7-11(3)21-12(4)8-19/h6,11-12H,7-8H2,1-5H3/t11-,12+. The van der Waals surface area contributed by atoms with Gasteiger partial charge < -0.3 is 9.64 Å². The van der Waals surface area contributed by atoms with Crippen molar-refractivity contribution in [3.63, 3.8) is 0 Å². The minimum Gasteiger partial charge on any atom is -0.372 e. The predicted molar refractivity (Wildman–Crippen MR) is 89.7 cm³/mol. The van der Waals surface area contributed by atoms with E-state index in [1.165, 1.54) is 16.9 Å². The van der Waals surface area contributed by atoms with Crippen LogP contribution in [-0.4, -0.2) is 41.1 Å². The van der Waals surface area contributed by atoms with E-state index in [0.717, 1.165) is 26.4 Å². The maximum absolute atomic E-state index is 12.9. The first kappa shape index (κ1) is 15.4. The highest BCUT2D eigenvalue weighted by Gasteiger charge is 2.29. The number of fused-ring (bicyclic) bond motifs is 1. The van der Waals surface area contributed by atoms with Gasteiger partial charge in [0.25, 0.3) is 5.91 Å². The molecule has 1 aliphatic rings. The van der Waals surface area contributed by atoms with Crippen molar-refractivity contribution in [2.24, 2.45) is 0 Å². The zero-order valence-corrected chi connectivity index (χ0v) is 14.6. The number of aryl methyl sites for hydroxylation is 3. The average molecular weight is 318 g/mol. The number of pyridine rings is 1. The molecule has 1 fully saturated rings. The smallest absolute Gasteiger partial charge is 0.264 e. The van der Waals surface area contributed by atoms with Crippen molar-refractivity contribution in [1.29, 1.82) is 0 Å². The summed E-state index contributed by atoms with van der Waals surface area (Å²) in [5.74, 6) is 0.111. The predicted octanol–water partition coefficient (Wildman–Crippen LogP) is 3.47. The van der Waals surface area contributed by atoms with Crippen LogP contribution in [0.2, 0.25) is 0 Å². The number of amides is 1. The Hall–Kier alpha value is -1.46. The maximum Gasteiger partial charge on any atom is 0.264 e. The van der Waals surface area contributed by atoms with Crippen LogP contribution >= 0.6 is 11.3 Å². The fraction of sp³-hybridized carbons (Fsp3) is 0.529. The molecule has 22 heavy (non-hydrogen) atoms. The van der Waals surface area contributed by atoms with Crippen LogP contribution in [0.25, 0.3) is 10.2 Å². The molecule has 3 heterocycles. The molecule has 0 radical (unpaired) electrons. The lowest BCUT2D eigenvalue weighted by Crippen LogP contribution is -2.48. The molecule has 1 saturated heterocycles. The lowest BCUT2D eigenvalue weighted by Gasteiger charge is -2.35. The third kappa shape index (κ3) is 2.63. The zero-order chi connectivity index (χ0) is 16.0. The molecular formula is C17H22N2O2S. The Morgan fingerprint density at radius 3 is 2.55 bits per heavy atom. The van der Waals surface area contributed by atoms with Gasteiger partial charge in [-0.1, -0.05) is 0 Å². The lowest BCUT2D eigenvalue weighted by molar-refractivity contribution is -0.0585. The third-order valence-electron chi connectivity index (χ3n) is 4.13. The van der Waals surface area contributed by atoms with Crippen molar-refractivity contribution in [2.45, 2.75) is 46.8 Å². The summed E-state index contributed by atoms with van der Waals surface area (Å²) in [6.45, 7) is 11.5. The summed E-state index contributed by atoms with van der Waals surface area (Å²) < 4.78 is 5.72. The fourth-order valence-electron chi connectivity index (χ4n) is 3.31. The van der Waals surface area contributed by atoms with E-state index in [2.05, 4.69) is 18.0 Å². The van der Waals surface area contributed by atoms with Crippen LogP contribution in [0.5, 0.6) is 0 Å². The van der Waals surface area contributed by atoms with E-state index in [1.54, 1.807) is 0 Å². The molecule has 3 rings (SSSR count). The Labute approximate surface area is 135 Å². The first-order chi connectivity index (χ1) is 10.4. The molecule has 5 heteroatoms. The number of ether oxygens (including phenoxy) is 1. The monoisotopic (exact) mass is 318 g/mol. The number of carbonyl (C=O) groups excluding carboxylic acids is 1. The second kappa shape index (κ2) is 5.63. The van der Waals surface area contributed by atoms with Gasteiger partial charge in [-0.25, -0.2) is 4.98 Å². The number of carbonyl (C=O) groups is 1. The average Bonchev–Trinajstić information content (AvgIpc) is 2.73. The van der Waals surface area contributed by atoms with Crippen molar-refractivity contribution < 1.29 is 9.53 Å². The number of nitrogens with zero attached hydrogens (tertiary/aromatic N) is 2. The maximum atomic E-state index is 12.9. The number of hydrogen-bond donors (Lipinski definition) is 0. The summed E-state index contributed by atoms with van der Waals surface area (Å²) in [5, 5.41) is 1.13. The molecule has 4 nitrogen and oxygen atoms in total. The van der Waals surface area contributed by atoms with Gasteiger partial charge in [-0.05, 0) is 51.8 Å². The van der Waals surface area contributed by atoms with E-state index < -0.39 is 0 Å². The third-order valence-corrected chi connectivity index (χ3v) is 5.30. The molecule has 118 valence electrons. The number of rotatable bonds is 1. The molecule has 0 aromatic carbocycles.